The summed E-state index contributed by atoms with van der Waals surface area (Å²) in [5, 5.41) is 3.04. The quantitative estimate of drug-likeness (QED) is 0.646. The van der Waals surface area contributed by atoms with Crippen molar-refractivity contribution in [2.24, 2.45) is 0 Å². The SMILES string of the molecule is Cc1cc(C(=O)Nc2ccc(Cl)cn2)c(C)n1-c1ccccc1C(F)(F)F. The zero-order valence-corrected chi connectivity index (χ0v) is 15.2. The van der Waals surface area contributed by atoms with E-state index in [0.717, 1.165) is 6.07 Å². The van der Waals surface area contributed by atoms with E-state index in [1.807, 2.05) is 0 Å². The average molecular weight is 394 g/mol. The van der Waals surface area contributed by atoms with Crippen LogP contribution in [0.15, 0.2) is 48.7 Å². The van der Waals surface area contributed by atoms with Crippen molar-refractivity contribution in [3.63, 3.8) is 0 Å². The second kappa shape index (κ2) is 7.08. The number of nitrogens with zero attached hydrogens (tertiary/aromatic N) is 2. The van der Waals surface area contributed by atoms with E-state index in [4.69, 9.17) is 11.6 Å². The lowest BCUT2D eigenvalue weighted by atomic mass is 10.1. The Hall–Kier alpha value is -2.80. The van der Waals surface area contributed by atoms with Crippen molar-refractivity contribution in [1.82, 2.24) is 9.55 Å². The Morgan fingerprint density at radius 2 is 1.85 bits per heavy atom. The molecule has 3 aromatic rings. The van der Waals surface area contributed by atoms with E-state index in [9.17, 15) is 18.0 Å². The van der Waals surface area contributed by atoms with Gasteiger partial charge in [0.15, 0.2) is 0 Å². The zero-order valence-electron chi connectivity index (χ0n) is 14.4. The van der Waals surface area contributed by atoms with Gasteiger partial charge in [0, 0.05) is 17.6 Å². The van der Waals surface area contributed by atoms with Gasteiger partial charge in [-0.25, -0.2) is 4.98 Å². The number of hydrogen-bond acceptors (Lipinski definition) is 2. The van der Waals surface area contributed by atoms with E-state index in [1.165, 1.54) is 29.0 Å². The summed E-state index contributed by atoms with van der Waals surface area (Å²) >= 11 is 5.76. The minimum Gasteiger partial charge on any atom is -0.317 e. The van der Waals surface area contributed by atoms with Crippen LogP contribution in [0.2, 0.25) is 5.02 Å². The van der Waals surface area contributed by atoms with Gasteiger partial charge in [0.05, 0.1) is 21.8 Å². The summed E-state index contributed by atoms with van der Waals surface area (Å²) in [6.45, 7) is 3.25. The highest BCUT2D eigenvalue weighted by Crippen LogP contribution is 2.35. The summed E-state index contributed by atoms with van der Waals surface area (Å²) in [5.74, 6) is -0.168. The molecule has 0 radical (unpaired) electrons. The summed E-state index contributed by atoms with van der Waals surface area (Å²) in [6.07, 6.45) is -3.12. The number of benzene rings is 1. The van der Waals surface area contributed by atoms with E-state index in [2.05, 4.69) is 10.3 Å². The largest absolute Gasteiger partial charge is 0.418 e. The lowest BCUT2D eigenvalue weighted by molar-refractivity contribution is -0.137. The fourth-order valence-electron chi connectivity index (χ4n) is 2.91. The number of amides is 1. The Bertz CT molecular complexity index is 994. The zero-order chi connectivity index (χ0) is 19.8. The molecule has 4 nitrogen and oxygen atoms in total. The van der Waals surface area contributed by atoms with Gasteiger partial charge in [-0.3, -0.25) is 4.79 Å². The molecule has 0 aliphatic carbocycles. The first-order valence-corrected chi connectivity index (χ1v) is 8.34. The van der Waals surface area contributed by atoms with Crippen LogP contribution in [0.4, 0.5) is 19.0 Å². The molecule has 2 heterocycles. The molecule has 0 aliphatic rings. The standard InChI is InChI=1S/C19H15ClF3N3O/c1-11-9-14(18(27)25-17-8-7-13(20)10-24-17)12(2)26(11)16-6-4-3-5-15(16)19(21,22)23/h3-10H,1-2H3,(H,24,25,27). The van der Waals surface area contributed by atoms with E-state index in [1.54, 1.807) is 32.0 Å². The number of anilines is 1. The Morgan fingerprint density at radius 3 is 2.48 bits per heavy atom. The second-order valence-electron chi connectivity index (χ2n) is 5.95. The normalized spacial score (nSPS) is 11.5. The maximum Gasteiger partial charge on any atom is 0.418 e. The van der Waals surface area contributed by atoms with E-state index < -0.39 is 17.6 Å². The molecule has 0 atom stereocenters. The molecule has 0 aliphatic heterocycles. The maximum atomic E-state index is 13.4. The molecule has 0 bridgehead atoms. The molecule has 1 aromatic carbocycles. The maximum absolute atomic E-state index is 13.4. The molecule has 1 N–H and O–H groups in total. The minimum absolute atomic E-state index is 0.0244. The van der Waals surface area contributed by atoms with Gasteiger partial charge in [0.1, 0.15) is 5.82 Å². The molecule has 0 fully saturated rings. The van der Waals surface area contributed by atoms with Crippen molar-refractivity contribution in [3.8, 4) is 5.69 Å². The third-order valence-corrected chi connectivity index (χ3v) is 4.32. The number of carbonyl (C=O) groups excluding carboxylic acids is 1. The molecule has 27 heavy (non-hydrogen) atoms. The monoisotopic (exact) mass is 393 g/mol. The van der Waals surface area contributed by atoms with Crippen LogP contribution in [0.25, 0.3) is 5.69 Å². The summed E-state index contributed by atoms with van der Waals surface area (Å²) in [5.41, 5.74) is 0.386. The van der Waals surface area contributed by atoms with Gasteiger partial charge in [-0.1, -0.05) is 23.7 Å². The number of halogens is 4. The summed E-state index contributed by atoms with van der Waals surface area (Å²) in [6, 6.07) is 9.93. The van der Waals surface area contributed by atoms with E-state index in [-0.39, 0.29) is 11.3 Å². The molecule has 0 spiro atoms. The summed E-state index contributed by atoms with van der Waals surface area (Å²) in [4.78, 5) is 16.6. The number of carbonyl (C=O) groups is 1. The van der Waals surface area contributed by atoms with Crippen molar-refractivity contribution >= 4 is 23.3 Å². The predicted molar refractivity (Wildman–Crippen MR) is 97.4 cm³/mol. The third-order valence-electron chi connectivity index (χ3n) is 4.10. The van der Waals surface area contributed by atoms with Gasteiger partial charge in [-0.05, 0) is 44.2 Å². The number of pyridine rings is 1. The third kappa shape index (κ3) is 3.83. The van der Waals surface area contributed by atoms with Crippen molar-refractivity contribution < 1.29 is 18.0 Å². The number of para-hydroxylation sites is 1. The smallest absolute Gasteiger partial charge is 0.317 e. The van der Waals surface area contributed by atoms with Crippen LogP contribution in [-0.2, 0) is 6.18 Å². The van der Waals surface area contributed by atoms with Gasteiger partial charge in [-0.2, -0.15) is 13.2 Å². The molecular formula is C19H15ClF3N3O. The Labute approximate surface area is 158 Å². The molecule has 2 aromatic heterocycles. The van der Waals surface area contributed by atoms with Crippen LogP contribution < -0.4 is 5.32 Å². The first-order chi connectivity index (χ1) is 12.7. The number of aromatic nitrogens is 2. The van der Waals surface area contributed by atoms with Crippen molar-refractivity contribution in [1.29, 1.82) is 0 Å². The van der Waals surface area contributed by atoms with Gasteiger partial charge in [0.25, 0.3) is 5.91 Å². The molecule has 0 saturated carbocycles. The molecule has 140 valence electrons. The topological polar surface area (TPSA) is 46.9 Å². The first kappa shape index (κ1) is 19.0. The van der Waals surface area contributed by atoms with Crippen molar-refractivity contribution in [2.45, 2.75) is 20.0 Å². The fourth-order valence-corrected chi connectivity index (χ4v) is 3.02. The predicted octanol–water partition coefficient (Wildman–Crippen LogP) is 5.41. The van der Waals surface area contributed by atoms with Crippen LogP contribution in [0.5, 0.6) is 0 Å². The summed E-state index contributed by atoms with van der Waals surface area (Å²) in [7, 11) is 0. The van der Waals surface area contributed by atoms with Gasteiger partial charge in [-0.15, -0.1) is 0 Å². The van der Waals surface area contributed by atoms with Crippen LogP contribution in [0.1, 0.15) is 27.3 Å². The lowest BCUT2D eigenvalue weighted by Gasteiger charge is -2.16. The fraction of sp³-hybridized carbons (Fsp3) is 0.158. The lowest BCUT2D eigenvalue weighted by Crippen LogP contribution is -2.15. The van der Waals surface area contributed by atoms with E-state index in [0.29, 0.717) is 22.2 Å². The van der Waals surface area contributed by atoms with E-state index >= 15 is 0 Å². The molecule has 8 heteroatoms. The average Bonchev–Trinajstić information content (AvgIpc) is 2.90. The van der Waals surface area contributed by atoms with Gasteiger partial charge >= 0.3 is 6.18 Å². The molecule has 3 rings (SSSR count). The molecule has 1 amide bonds. The number of alkyl halides is 3. The van der Waals surface area contributed by atoms with Crippen LogP contribution >= 0.6 is 11.6 Å². The van der Waals surface area contributed by atoms with Crippen molar-refractivity contribution in [3.05, 3.63) is 76.2 Å². The Kier molecular flexibility index (Phi) is 4.97. The molecular weight excluding hydrogens is 379 g/mol. The van der Waals surface area contributed by atoms with Crippen LogP contribution in [0, 0.1) is 13.8 Å². The van der Waals surface area contributed by atoms with Crippen LogP contribution in [-0.4, -0.2) is 15.5 Å². The number of rotatable bonds is 3. The minimum atomic E-state index is -4.50. The molecule has 0 unspecified atom stereocenters. The van der Waals surface area contributed by atoms with Gasteiger partial charge < -0.3 is 9.88 Å². The highest BCUT2D eigenvalue weighted by atomic mass is 35.5. The Morgan fingerprint density at radius 1 is 1.15 bits per heavy atom. The number of hydrogen-bond donors (Lipinski definition) is 1. The highest BCUT2D eigenvalue weighted by molar-refractivity contribution is 6.30. The first-order valence-electron chi connectivity index (χ1n) is 7.97. The summed E-state index contributed by atoms with van der Waals surface area (Å²) < 4.78 is 41.5. The number of nitrogens with one attached hydrogen (secondary N) is 1. The number of aryl methyl sites for hydroxylation is 1. The Balaban J connectivity index is 2.01. The highest BCUT2D eigenvalue weighted by Gasteiger charge is 2.34. The van der Waals surface area contributed by atoms with Crippen LogP contribution in [0.3, 0.4) is 0 Å². The second-order valence-corrected chi connectivity index (χ2v) is 6.39. The van der Waals surface area contributed by atoms with Crippen molar-refractivity contribution in [2.75, 3.05) is 5.32 Å². The van der Waals surface area contributed by atoms with Gasteiger partial charge in [0.2, 0.25) is 0 Å². The molecule has 0 saturated heterocycles.